The summed E-state index contributed by atoms with van der Waals surface area (Å²) in [6, 6.07) is 9.89. The Morgan fingerprint density at radius 2 is 1.83 bits per heavy atom. The third kappa shape index (κ3) is 2.88. The van der Waals surface area contributed by atoms with Gasteiger partial charge in [0.15, 0.2) is 0 Å². The maximum Gasteiger partial charge on any atom is 0.134 e. The highest BCUT2D eigenvalue weighted by atomic mass is 32.2. The molecule has 0 spiro atoms. The summed E-state index contributed by atoms with van der Waals surface area (Å²) in [5, 5.41) is 20.2. The highest BCUT2D eigenvalue weighted by Crippen LogP contribution is 2.36. The Morgan fingerprint density at radius 3 is 2.44 bits per heavy atom. The molecule has 100 valence electrons. The lowest BCUT2D eigenvalue weighted by Gasteiger charge is -2.41. The minimum atomic E-state index is -0.645. The van der Waals surface area contributed by atoms with Crippen LogP contribution in [0.25, 0.3) is 0 Å². The summed E-state index contributed by atoms with van der Waals surface area (Å²) in [4.78, 5) is 1.07. The van der Waals surface area contributed by atoms with Gasteiger partial charge in [0, 0.05) is 10.8 Å². The molecule has 0 saturated carbocycles. The van der Waals surface area contributed by atoms with Gasteiger partial charge in [0.25, 0.3) is 0 Å². The summed E-state index contributed by atoms with van der Waals surface area (Å²) in [5.41, 5.74) is -0.309. The molecular weight excluding hydrogens is 248 g/mol. The number of hydrogen-bond acceptors (Lipinski definition) is 4. The first kappa shape index (κ1) is 13.9. The van der Waals surface area contributed by atoms with Crippen molar-refractivity contribution in [1.82, 2.24) is 0 Å². The Kier molecular flexibility index (Phi) is 4.67. The standard InChI is InChI=1S/C14H20O3S/c1-3-11-12(15)9(2)13(16)14(17-11)18-10-7-5-4-6-8-10/h4-9,11-16H,3H2,1-2H3/t9-,11?,12-,13?,14+/m0/s1. The van der Waals surface area contributed by atoms with Crippen LogP contribution >= 0.6 is 11.8 Å². The van der Waals surface area contributed by atoms with Gasteiger partial charge in [-0.1, -0.05) is 43.8 Å². The predicted molar refractivity (Wildman–Crippen MR) is 72.4 cm³/mol. The van der Waals surface area contributed by atoms with E-state index in [1.165, 1.54) is 11.8 Å². The number of thioether (sulfide) groups is 1. The number of aliphatic hydroxyl groups excluding tert-OH is 2. The van der Waals surface area contributed by atoms with Gasteiger partial charge in [-0.3, -0.25) is 0 Å². The van der Waals surface area contributed by atoms with Crippen LogP contribution in [0.3, 0.4) is 0 Å². The molecule has 0 bridgehead atoms. The van der Waals surface area contributed by atoms with E-state index in [1.54, 1.807) is 0 Å². The molecule has 2 rings (SSSR count). The summed E-state index contributed by atoms with van der Waals surface area (Å²) < 4.78 is 5.80. The second-order valence-corrected chi connectivity index (χ2v) is 5.89. The largest absolute Gasteiger partial charge is 0.390 e. The summed E-state index contributed by atoms with van der Waals surface area (Å²) in [7, 11) is 0. The van der Waals surface area contributed by atoms with Gasteiger partial charge in [-0.25, -0.2) is 0 Å². The van der Waals surface area contributed by atoms with Gasteiger partial charge in [0.2, 0.25) is 0 Å². The van der Waals surface area contributed by atoms with Crippen LogP contribution in [-0.2, 0) is 4.74 Å². The molecule has 3 nitrogen and oxygen atoms in total. The average molecular weight is 268 g/mol. The lowest BCUT2D eigenvalue weighted by Crippen LogP contribution is -2.51. The highest BCUT2D eigenvalue weighted by Gasteiger charge is 2.41. The van der Waals surface area contributed by atoms with Crippen molar-refractivity contribution in [2.75, 3.05) is 0 Å². The predicted octanol–water partition coefficient (Wildman–Crippen LogP) is 2.27. The Balaban J connectivity index is 2.08. The highest BCUT2D eigenvalue weighted by molar-refractivity contribution is 7.99. The molecule has 1 fully saturated rings. The van der Waals surface area contributed by atoms with Crippen LogP contribution in [0.5, 0.6) is 0 Å². The topological polar surface area (TPSA) is 49.7 Å². The fourth-order valence-corrected chi connectivity index (χ4v) is 3.36. The number of aliphatic hydroxyl groups is 2. The molecule has 18 heavy (non-hydrogen) atoms. The Hall–Kier alpha value is -0.550. The first-order valence-corrected chi connectivity index (χ1v) is 7.24. The van der Waals surface area contributed by atoms with Crippen LogP contribution in [0, 0.1) is 5.92 Å². The fourth-order valence-electron chi connectivity index (χ4n) is 2.19. The van der Waals surface area contributed by atoms with Crippen molar-refractivity contribution in [2.24, 2.45) is 5.92 Å². The van der Waals surface area contributed by atoms with Crippen molar-refractivity contribution in [3.8, 4) is 0 Å². The molecule has 2 unspecified atom stereocenters. The van der Waals surface area contributed by atoms with Gasteiger partial charge in [-0.05, 0) is 18.6 Å². The quantitative estimate of drug-likeness (QED) is 0.883. The number of rotatable bonds is 3. The zero-order chi connectivity index (χ0) is 13.1. The molecule has 2 N–H and O–H groups in total. The molecule has 0 aromatic heterocycles. The van der Waals surface area contributed by atoms with Gasteiger partial charge in [-0.2, -0.15) is 0 Å². The molecule has 5 atom stereocenters. The van der Waals surface area contributed by atoms with Crippen molar-refractivity contribution >= 4 is 11.8 Å². The normalized spacial score (nSPS) is 36.6. The maximum atomic E-state index is 10.2. The van der Waals surface area contributed by atoms with Crippen molar-refractivity contribution in [3.05, 3.63) is 30.3 Å². The maximum absolute atomic E-state index is 10.2. The summed E-state index contributed by atoms with van der Waals surface area (Å²) in [5.74, 6) is -0.162. The van der Waals surface area contributed by atoms with Gasteiger partial charge in [0.05, 0.1) is 18.3 Å². The summed E-state index contributed by atoms with van der Waals surface area (Å²) in [6.45, 7) is 3.86. The van der Waals surface area contributed by atoms with E-state index in [0.29, 0.717) is 0 Å². The van der Waals surface area contributed by atoms with E-state index >= 15 is 0 Å². The van der Waals surface area contributed by atoms with Gasteiger partial charge >= 0.3 is 0 Å². The lowest BCUT2D eigenvalue weighted by molar-refractivity contribution is -0.167. The van der Waals surface area contributed by atoms with E-state index < -0.39 is 12.2 Å². The summed E-state index contributed by atoms with van der Waals surface area (Å²) >= 11 is 1.51. The molecule has 0 amide bonds. The Bertz CT molecular complexity index is 369. The van der Waals surface area contributed by atoms with Crippen LogP contribution in [0.15, 0.2) is 35.2 Å². The zero-order valence-electron chi connectivity index (χ0n) is 10.7. The molecule has 1 aliphatic heterocycles. The van der Waals surface area contributed by atoms with E-state index in [9.17, 15) is 10.2 Å². The van der Waals surface area contributed by atoms with Crippen LogP contribution in [0.4, 0.5) is 0 Å². The number of benzene rings is 1. The van der Waals surface area contributed by atoms with Crippen LogP contribution in [0.2, 0.25) is 0 Å². The number of hydrogen-bond donors (Lipinski definition) is 2. The van der Waals surface area contributed by atoms with E-state index in [0.717, 1.165) is 11.3 Å². The summed E-state index contributed by atoms with van der Waals surface area (Å²) in [6.07, 6.45) is -0.667. The van der Waals surface area contributed by atoms with Crippen LogP contribution in [0.1, 0.15) is 20.3 Å². The second-order valence-electron chi connectivity index (χ2n) is 4.72. The lowest BCUT2D eigenvalue weighted by atomic mass is 9.90. The molecule has 1 aliphatic rings. The van der Waals surface area contributed by atoms with E-state index in [1.807, 2.05) is 44.2 Å². The third-order valence-corrected chi connectivity index (χ3v) is 4.61. The van der Waals surface area contributed by atoms with Crippen LogP contribution in [-0.4, -0.2) is 34.0 Å². The van der Waals surface area contributed by atoms with Crippen molar-refractivity contribution in [3.63, 3.8) is 0 Å². The Labute approximate surface area is 112 Å². The molecule has 1 saturated heterocycles. The van der Waals surface area contributed by atoms with E-state index in [-0.39, 0.29) is 17.5 Å². The first-order valence-electron chi connectivity index (χ1n) is 6.36. The van der Waals surface area contributed by atoms with Crippen LogP contribution < -0.4 is 0 Å². The molecule has 1 aromatic carbocycles. The molecule has 1 heterocycles. The second kappa shape index (κ2) is 6.06. The van der Waals surface area contributed by atoms with Gasteiger partial charge < -0.3 is 14.9 Å². The fraction of sp³-hybridized carbons (Fsp3) is 0.571. The SMILES string of the molecule is CCC1O[C@H](Sc2ccccc2)C(O)[C@@H](C)[C@@H]1O. The van der Waals surface area contributed by atoms with Crippen molar-refractivity contribution < 1.29 is 14.9 Å². The van der Waals surface area contributed by atoms with Gasteiger partial charge in [-0.15, -0.1) is 0 Å². The minimum absolute atomic E-state index is 0.162. The molecule has 1 aromatic rings. The van der Waals surface area contributed by atoms with E-state index in [2.05, 4.69) is 0 Å². The first-order chi connectivity index (χ1) is 8.63. The average Bonchev–Trinajstić information content (AvgIpc) is 2.40. The zero-order valence-corrected chi connectivity index (χ0v) is 11.5. The molecule has 0 aliphatic carbocycles. The van der Waals surface area contributed by atoms with Crippen molar-refractivity contribution in [1.29, 1.82) is 0 Å². The van der Waals surface area contributed by atoms with E-state index in [4.69, 9.17) is 4.74 Å². The van der Waals surface area contributed by atoms with Gasteiger partial charge in [0.1, 0.15) is 5.44 Å². The minimum Gasteiger partial charge on any atom is -0.390 e. The smallest absolute Gasteiger partial charge is 0.134 e. The third-order valence-electron chi connectivity index (χ3n) is 3.44. The molecule has 4 heteroatoms. The number of ether oxygens (including phenoxy) is 1. The molecular formula is C14H20O3S. The molecule has 0 radical (unpaired) electrons. The van der Waals surface area contributed by atoms with Crippen molar-refractivity contribution in [2.45, 2.75) is 48.9 Å². The monoisotopic (exact) mass is 268 g/mol. The Morgan fingerprint density at radius 1 is 1.17 bits per heavy atom.